The van der Waals surface area contributed by atoms with E-state index >= 15 is 0 Å². The van der Waals surface area contributed by atoms with Crippen LogP contribution < -0.4 is 5.73 Å². The second-order valence-corrected chi connectivity index (χ2v) is 7.33. The van der Waals surface area contributed by atoms with Gasteiger partial charge in [-0.2, -0.15) is 0 Å². The summed E-state index contributed by atoms with van der Waals surface area (Å²) >= 11 is 0. The number of hydrogen-bond donors (Lipinski definition) is 1. The Morgan fingerprint density at radius 1 is 1.38 bits per heavy atom. The molecule has 5 heteroatoms. The van der Waals surface area contributed by atoms with Crippen molar-refractivity contribution in [1.82, 2.24) is 4.31 Å². The molecule has 1 rings (SSSR count). The van der Waals surface area contributed by atoms with Crippen LogP contribution >= 0.6 is 0 Å². The van der Waals surface area contributed by atoms with Crippen molar-refractivity contribution in [1.29, 1.82) is 0 Å². The Labute approximate surface area is 128 Å². The normalized spacial score (nSPS) is 12.9. The first-order chi connectivity index (χ1) is 9.82. The Morgan fingerprint density at radius 3 is 2.57 bits per heavy atom. The zero-order chi connectivity index (χ0) is 16.0. The van der Waals surface area contributed by atoms with Crippen LogP contribution in [-0.2, 0) is 10.0 Å². The molecule has 0 saturated heterocycles. The summed E-state index contributed by atoms with van der Waals surface area (Å²) in [6.45, 7) is 6.76. The monoisotopic (exact) mass is 308 g/mol. The van der Waals surface area contributed by atoms with Crippen molar-refractivity contribution in [3.63, 3.8) is 0 Å². The van der Waals surface area contributed by atoms with Gasteiger partial charge in [0, 0.05) is 19.2 Å². The van der Waals surface area contributed by atoms with Gasteiger partial charge in [-0.15, -0.1) is 0 Å². The third kappa shape index (κ3) is 4.57. The van der Waals surface area contributed by atoms with E-state index in [1.165, 1.54) is 4.31 Å². The van der Waals surface area contributed by atoms with Crippen LogP contribution in [0.4, 0.5) is 0 Å². The number of aryl methyl sites for hydroxylation is 1. The summed E-state index contributed by atoms with van der Waals surface area (Å²) in [5.74, 6) is 6.05. The predicted molar refractivity (Wildman–Crippen MR) is 86.4 cm³/mol. The molecule has 0 spiro atoms. The molecule has 0 aliphatic rings. The summed E-state index contributed by atoms with van der Waals surface area (Å²) in [6, 6.07) is 5.01. The Morgan fingerprint density at radius 2 is 2.05 bits per heavy atom. The smallest absolute Gasteiger partial charge is 0.242 e. The SMILES string of the molecule is CCC(C)CN(C)S(=O)(=O)c1ccc(C#CCN)c(C)c1. The molecular weight excluding hydrogens is 284 g/mol. The third-order valence-corrected chi connectivity index (χ3v) is 5.32. The first-order valence-corrected chi connectivity index (χ1v) is 8.52. The standard InChI is InChI=1S/C16H24N2O2S/c1-5-13(2)12-18(4)21(19,20)16-9-8-15(7-6-10-17)14(3)11-16/h8-9,11,13H,5,10,12,17H2,1-4H3. The molecule has 0 bridgehead atoms. The van der Waals surface area contributed by atoms with Crippen molar-refractivity contribution in [2.24, 2.45) is 11.7 Å². The van der Waals surface area contributed by atoms with E-state index in [1.807, 2.05) is 13.8 Å². The third-order valence-electron chi connectivity index (χ3n) is 3.50. The van der Waals surface area contributed by atoms with E-state index in [-0.39, 0.29) is 6.54 Å². The largest absolute Gasteiger partial charge is 0.320 e. The van der Waals surface area contributed by atoms with Gasteiger partial charge in [-0.25, -0.2) is 12.7 Å². The molecule has 1 aromatic rings. The minimum absolute atomic E-state index is 0.289. The lowest BCUT2D eigenvalue weighted by Crippen LogP contribution is -2.31. The van der Waals surface area contributed by atoms with Crippen LogP contribution in [0, 0.1) is 24.7 Å². The molecule has 4 nitrogen and oxygen atoms in total. The molecular formula is C16H24N2O2S. The van der Waals surface area contributed by atoms with Crippen molar-refractivity contribution in [3.05, 3.63) is 29.3 Å². The molecule has 116 valence electrons. The summed E-state index contributed by atoms with van der Waals surface area (Å²) in [5.41, 5.74) is 7.00. The number of sulfonamides is 1. The van der Waals surface area contributed by atoms with Crippen molar-refractivity contribution in [2.45, 2.75) is 32.1 Å². The molecule has 0 radical (unpaired) electrons. The van der Waals surface area contributed by atoms with Gasteiger partial charge < -0.3 is 5.73 Å². The van der Waals surface area contributed by atoms with Crippen molar-refractivity contribution >= 4 is 10.0 Å². The van der Waals surface area contributed by atoms with Gasteiger partial charge in [0.2, 0.25) is 10.0 Å². The Hall–Kier alpha value is -1.35. The number of rotatable bonds is 5. The van der Waals surface area contributed by atoms with Crippen molar-refractivity contribution in [3.8, 4) is 11.8 Å². The molecule has 2 N–H and O–H groups in total. The summed E-state index contributed by atoms with van der Waals surface area (Å²) in [7, 11) is -1.82. The zero-order valence-electron chi connectivity index (χ0n) is 13.2. The number of nitrogens with zero attached hydrogens (tertiary/aromatic N) is 1. The Bertz CT molecular complexity index is 642. The van der Waals surface area contributed by atoms with Crippen LogP contribution in [-0.4, -0.2) is 32.9 Å². The van der Waals surface area contributed by atoms with Gasteiger partial charge in [0.25, 0.3) is 0 Å². The molecule has 1 aromatic carbocycles. The van der Waals surface area contributed by atoms with E-state index in [9.17, 15) is 8.42 Å². The summed E-state index contributed by atoms with van der Waals surface area (Å²) < 4.78 is 26.5. The molecule has 0 saturated carbocycles. The number of benzene rings is 1. The van der Waals surface area contributed by atoms with Crippen LogP contribution in [0.5, 0.6) is 0 Å². The molecule has 0 heterocycles. The van der Waals surface area contributed by atoms with Crippen molar-refractivity contribution in [2.75, 3.05) is 20.1 Å². The van der Waals surface area contributed by atoms with Gasteiger partial charge in [0.15, 0.2) is 0 Å². The zero-order valence-corrected chi connectivity index (χ0v) is 14.0. The summed E-state index contributed by atoms with van der Waals surface area (Å²) in [5, 5.41) is 0. The fraction of sp³-hybridized carbons (Fsp3) is 0.500. The highest BCUT2D eigenvalue weighted by Crippen LogP contribution is 2.19. The lowest BCUT2D eigenvalue weighted by molar-refractivity contribution is 0.393. The molecule has 1 atom stereocenters. The van der Waals surface area contributed by atoms with Crippen LogP contribution in [0.1, 0.15) is 31.4 Å². The average molecular weight is 308 g/mol. The quantitative estimate of drug-likeness (QED) is 0.846. The highest BCUT2D eigenvalue weighted by atomic mass is 32.2. The molecule has 21 heavy (non-hydrogen) atoms. The van der Waals surface area contributed by atoms with Crippen LogP contribution in [0.25, 0.3) is 0 Å². The highest BCUT2D eigenvalue weighted by Gasteiger charge is 2.22. The topological polar surface area (TPSA) is 63.4 Å². The van der Waals surface area contributed by atoms with E-state index in [0.29, 0.717) is 17.4 Å². The maximum atomic E-state index is 12.5. The maximum Gasteiger partial charge on any atom is 0.242 e. The van der Waals surface area contributed by atoms with Gasteiger partial charge in [0.1, 0.15) is 0 Å². The lowest BCUT2D eigenvalue weighted by atomic mass is 10.1. The summed E-state index contributed by atoms with van der Waals surface area (Å²) in [6.07, 6.45) is 0.951. The van der Waals surface area contributed by atoms with Crippen LogP contribution in [0.3, 0.4) is 0 Å². The molecule has 1 unspecified atom stereocenters. The summed E-state index contributed by atoms with van der Waals surface area (Å²) in [4.78, 5) is 0.309. The molecule has 0 aliphatic carbocycles. The van der Waals surface area contributed by atoms with Gasteiger partial charge in [-0.05, 0) is 36.6 Å². The molecule has 0 amide bonds. The van der Waals surface area contributed by atoms with Gasteiger partial charge in [-0.3, -0.25) is 0 Å². The lowest BCUT2D eigenvalue weighted by Gasteiger charge is -2.20. The van der Waals surface area contributed by atoms with E-state index in [0.717, 1.165) is 17.5 Å². The second kappa shape index (κ2) is 7.60. The van der Waals surface area contributed by atoms with Gasteiger partial charge in [0.05, 0.1) is 11.4 Å². The maximum absolute atomic E-state index is 12.5. The second-order valence-electron chi connectivity index (χ2n) is 5.28. The number of nitrogens with two attached hydrogens (primary N) is 1. The fourth-order valence-corrected chi connectivity index (χ4v) is 3.31. The van der Waals surface area contributed by atoms with E-state index in [4.69, 9.17) is 5.73 Å². The molecule has 0 aromatic heterocycles. The van der Waals surface area contributed by atoms with Crippen LogP contribution in [0.15, 0.2) is 23.1 Å². The minimum atomic E-state index is -3.44. The predicted octanol–water partition coefficient (Wildman–Crippen LogP) is 1.97. The first kappa shape index (κ1) is 17.7. The van der Waals surface area contributed by atoms with E-state index in [1.54, 1.807) is 25.2 Å². The van der Waals surface area contributed by atoms with Gasteiger partial charge in [-0.1, -0.05) is 32.1 Å². The van der Waals surface area contributed by atoms with Gasteiger partial charge >= 0.3 is 0 Å². The first-order valence-electron chi connectivity index (χ1n) is 7.08. The Balaban J connectivity index is 3.07. The fourth-order valence-electron chi connectivity index (χ4n) is 1.93. The molecule has 0 aliphatic heterocycles. The molecule has 0 fully saturated rings. The van der Waals surface area contributed by atoms with Crippen LogP contribution in [0.2, 0.25) is 0 Å². The van der Waals surface area contributed by atoms with E-state index in [2.05, 4.69) is 18.8 Å². The highest BCUT2D eigenvalue weighted by molar-refractivity contribution is 7.89. The minimum Gasteiger partial charge on any atom is -0.320 e. The Kier molecular flexibility index (Phi) is 6.41. The number of hydrogen-bond acceptors (Lipinski definition) is 3. The average Bonchev–Trinajstić information content (AvgIpc) is 2.45. The van der Waals surface area contributed by atoms with E-state index < -0.39 is 10.0 Å². The van der Waals surface area contributed by atoms with Crippen molar-refractivity contribution < 1.29 is 8.42 Å².